The van der Waals surface area contributed by atoms with Crippen LogP contribution in [-0.4, -0.2) is 21.1 Å². The lowest BCUT2D eigenvalue weighted by Gasteiger charge is -2.14. The van der Waals surface area contributed by atoms with Gasteiger partial charge < -0.3 is 9.73 Å². The van der Waals surface area contributed by atoms with E-state index in [9.17, 15) is 4.79 Å². The molecule has 6 heteroatoms. The lowest BCUT2D eigenvalue weighted by molar-refractivity contribution is -0.120. The van der Waals surface area contributed by atoms with E-state index < -0.39 is 0 Å². The fourth-order valence-electron chi connectivity index (χ4n) is 3.08. The van der Waals surface area contributed by atoms with Crippen molar-refractivity contribution in [3.8, 4) is 0 Å². The van der Waals surface area contributed by atoms with E-state index in [2.05, 4.69) is 36.5 Å². The Hall–Kier alpha value is -3.12. The van der Waals surface area contributed by atoms with E-state index in [0.29, 0.717) is 13.0 Å². The van der Waals surface area contributed by atoms with Crippen molar-refractivity contribution in [2.24, 2.45) is 0 Å². The highest BCUT2D eigenvalue weighted by atomic mass is 32.2. The van der Waals surface area contributed by atoms with Crippen LogP contribution in [0.5, 0.6) is 0 Å². The number of hydrogen-bond donors (Lipinski definition) is 1. The van der Waals surface area contributed by atoms with Crippen molar-refractivity contribution in [2.45, 2.75) is 37.1 Å². The van der Waals surface area contributed by atoms with Gasteiger partial charge in [-0.1, -0.05) is 53.7 Å². The molecule has 0 aliphatic rings. The first-order valence-corrected chi connectivity index (χ1v) is 10.7. The molecule has 4 aromatic rings. The molecule has 0 fully saturated rings. The molecule has 0 radical (unpaired) electrons. The van der Waals surface area contributed by atoms with Crippen LogP contribution in [0.25, 0.3) is 11.0 Å². The zero-order valence-corrected chi connectivity index (χ0v) is 17.8. The Morgan fingerprint density at radius 3 is 2.47 bits per heavy atom. The summed E-state index contributed by atoms with van der Waals surface area (Å²) < 4.78 is 5.28. The van der Waals surface area contributed by atoms with E-state index in [1.54, 1.807) is 6.26 Å². The van der Waals surface area contributed by atoms with Crippen molar-refractivity contribution >= 4 is 28.7 Å². The Labute approximate surface area is 179 Å². The molecule has 0 bridgehead atoms. The van der Waals surface area contributed by atoms with Gasteiger partial charge in [0, 0.05) is 6.42 Å². The number of thioether (sulfide) groups is 1. The predicted octanol–water partition coefficient (Wildman–Crippen LogP) is 4.92. The molecule has 152 valence electrons. The Bertz CT molecular complexity index is 1140. The summed E-state index contributed by atoms with van der Waals surface area (Å²) in [5, 5.41) is 3.39. The number of carbonyl (C=O) groups is 1. The minimum atomic E-state index is -0.313. The zero-order valence-electron chi connectivity index (χ0n) is 17.0. The average molecular weight is 418 g/mol. The van der Waals surface area contributed by atoms with E-state index in [4.69, 9.17) is 14.4 Å². The highest BCUT2D eigenvalue weighted by Gasteiger charge is 2.19. The Morgan fingerprint density at radius 1 is 1.03 bits per heavy atom. The number of aryl methyl sites for hydroxylation is 1. The smallest absolute Gasteiger partial charge is 0.233 e. The Morgan fingerprint density at radius 2 is 1.77 bits per heavy atom. The molecular weight excluding hydrogens is 394 g/mol. The number of aromatic nitrogens is 2. The van der Waals surface area contributed by atoms with Gasteiger partial charge in [-0.3, -0.25) is 4.79 Å². The third kappa shape index (κ3) is 4.89. The highest BCUT2D eigenvalue weighted by Crippen LogP contribution is 2.28. The van der Waals surface area contributed by atoms with Gasteiger partial charge in [-0.15, -0.1) is 0 Å². The minimum absolute atomic E-state index is 0.0624. The fourth-order valence-corrected chi connectivity index (χ4v) is 4.01. The quantitative estimate of drug-likeness (QED) is 0.432. The van der Waals surface area contributed by atoms with E-state index in [1.807, 2.05) is 43.3 Å². The van der Waals surface area contributed by atoms with Crippen LogP contribution in [0.1, 0.15) is 29.5 Å². The van der Waals surface area contributed by atoms with Gasteiger partial charge >= 0.3 is 0 Å². The first-order chi connectivity index (χ1) is 14.6. The second-order valence-electron chi connectivity index (χ2n) is 7.18. The fraction of sp³-hybridized carbons (Fsp3) is 0.208. The van der Waals surface area contributed by atoms with Crippen LogP contribution in [0.4, 0.5) is 0 Å². The standard InChI is InChI=1S/C24H23N3O2S/c1-16-9-11-18(12-10-16)14-22-24(27-21-8-4-3-7-20(21)26-22)30-17(2)23(28)25-15-19-6-5-13-29-19/h3-13,17H,14-15H2,1-2H3,(H,25,28)/t17-/m1/s1. The molecule has 0 saturated carbocycles. The molecule has 0 saturated heterocycles. The van der Waals surface area contributed by atoms with E-state index in [-0.39, 0.29) is 11.2 Å². The lowest BCUT2D eigenvalue weighted by atomic mass is 10.1. The molecule has 1 atom stereocenters. The molecule has 0 aliphatic heterocycles. The van der Waals surface area contributed by atoms with Crippen LogP contribution in [-0.2, 0) is 17.8 Å². The number of nitrogens with zero attached hydrogens (tertiary/aromatic N) is 2. The monoisotopic (exact) mass is 417 g/mol. The molecule has 2 heterocycles. The van der Waals surface area contributed by atoms with Gasteiger partial charge in [0.25, 0.3) is 0 Å². The summed E-state index contributed by atoms with van der Waals surface area (Å²) in [7, 11) is 0. The van der Waals surface area contributed by atoms with Gasteiger partial charge in [-0.05, 0) is 43.7 Å². The number of rotatable bonds is 7. The molecule has 0 unspecified atom stereocenters. The molecular formula is C24H23N3O2S. The summed E-state index contributed by atoms with van der Waals surface area (Å²) in [4.78, 5) is 22.3. The van der Waals surface area contributed by atoms with Crippen LogP contribution < -0.4 is 5.32 Å². The molecule has 2 aromatic carbocycles. The van der Waals surface area contributed by atoms with Gasteiger partial charge in [-0.25, -0.2) is 9.97 Å². The lowest BCUT2D eigenvalue weighted by Crippen LogP contribution is -2.30. The third-order valence-corrected chi connectivity index (χ3v) is 5.89. The van der Waals surface area contributed by atoms with Crippen molar-refractivity contribution < 1.29 is 9.21 Å². The second kappa shape index (κ2) is 9.13. The van der Waals surface area contributed by atoms with Gasteiger partial charge in [0.1, 0.15) is 10.8 Å². The van der Waals surface area contributed by atoms with Gasteiger partial charge in [-0.2, -0.15) is 0 Å². The highest BCUT2D eigenvalue weighted by molar-refractivity contribution is 8.00. The maximum Gasteiger partial charge on any atom is 0.233 e. The van der Waals surface area contributed by atoms with E-state index in [1.165, 1.54) is 22.9 Å². The maximum atomic E-state index is 12.6. The van der Waals surface area contributed by atoms with Gasteiger partial charge in [0.2, 0.25) is 5.91 Å². The van der Waals surface area contributed by atoms with Crippen LogP contribution in [0.2, 0.25) is 0 Å². The van der Waals surface area contributed by atoms with Gasteiger partial charge in [0.15, 0.2) is 0 Å². The zero-order chi connectivity index (χ0) is 20.9. The van der Waals surface area contributed by atoms with Gasteiger partial charge in [0.05, 0.1) is 34.8 Å². The van der Waals surface area contributed by atoms with Crippen molar-refractivity contribution in [1.29, 1.82) is 0 Å². The van der Waals surface area contributed by atoms with Crippen LogP contribution in [0.15, 0.2) is 76.4 Å². The maximum absolute atomic E-state index is 12.6. The topological polar surface area (TPSA) is 68.0 Å². The van der Waals surface area contributed by atoms with Crippen molar-refractivity contribution in [3.63, 3.8) is 0 Å². The van der Waals surface area contributed by atoms with Crippen LogP contribution in [0.3, 0.4) is 0 Å². The van der Waals surface area contributed by atoms with Crippen molar-refractivity contribution in [3.05, 3.63) is 89.5 Å². The molecule has 4 rings (SSSR count). The Balaban J connectivity index is 1.56. The first-order valence-electron chi connectivity index (χ1n) is 9.86. The minimum Gasteiger partial charge on any atom is -0.467 e. The van der Waals surface area contributed by atoms with E-state index in [0.717, 1.165) is 27.5 Å². The first kappa shape index (κ1) is 20.2. The number of fused-ring (bicyclic) bond motifs is 1. The average Bonchev–Trinajstić information content (AvgIpc) is 3.27. The summed E-state index contributed by atoms with van der Waals surface area (Å²) in [6.07, 6.45) is 2.27. The number of para-hydroxylation sites is 2. The normalized spacial score (nSPS) is 12.1. The van der Waals surface area contributed by atoms with Crippen LogP contribution >= 0.6 is 11.8 Å². The van der Waals surface area contributed by atoms with E-state index >= 15 is 0 Å². The number of amides is 1. The molecule has 30 heavy (non-hydrogen) atoms. The third-order valence-electron chi connectivity index (χ3n) is 4.77. The number of nitrogens with one attached hydrogen (secondary N) is 1. The molecule has 0 aliphatic carbocycles. The predicted molar refractivity (Wildman–Crippen MR) is 119 cm³/mol. The second-order valence-corrected chi connectivity index (χ2v) is 8.51. The molecule has 1 amide bonds. The number of carbonyl (C=O) groups excluding carboxylic acids is 1. The van der Waals surface area contributed by atoms with Crippen molar-refractivity contribution in [2.75, 3.05) is 0 Å². The summed E-state index contributed by atoms with van der Waals surface area (Å²) in [5.74, 6) is 0.666. The SMILES string of the molecule is Cc1ccc(Cc2nc3ccccc3nc2S[C@H](C)C(=O)NCc2ccco2)cc1. The number of benzene rings is 2. The summed E-state index contributed by atoms with van der Waals surface area (Å²) >= 11 is 1.44. The summed E-state index contributed by atoms with van der Waals surface area (Å²) in [6.45, 7) is 4.33. The largest absolute Gasteiger partial charge is 0.467 e. The molecule has 1 N–H and O–H groups in total. The molecule has 5 nitrogen and oxygen atoms in total. The van der Waals surface area contributed by atoms with Crippen LogP contribution in [0, 0.1) is 6.92 Å². The number of hydrogen-bond acceptors (Lipinski definition) is 5. The molecule has 0 spiro atoms. The Kier molecular flexibility index (Phi) is 6.14. The molecule has 2 aromatic heterocycles. The summed E-state index contributed by atoms with van der Waals surface area (Å²) in [5.41, 5.74) is 4.96. The number of furan rings is 1. The summed E-state index contributed by atoms with van der Waals surface area (Å²) in [6, 6.07) is 19.9. The van der Waals surface area contributed by atoms with Crippen molar-refractivity contribution in [1.82, 2.24) is 15.3 Å².